The van der Waals surface area contributed by atoms with Gasteiger partial charge >= 0.3 is 6.09 Å². The molecule has 1 unspecified atom stereocenters. The number of piperidine rings is 1. The number of carbonyl (C=O) groups excluding carboxylic acids is 2. The Balaban J connectivity index is 1.57. The van der Waals surface area contributed by atoms with Crippen LogP contribution in [0.4, 0.5) is 4.79 Å². The minimum absolute atomic E-state index is 0.222. The van der Waals surface area contributed by atoms with E-state index in [2.05, 4.69) is 39.8 Å². The Morgan fingerprint density at radius 1 is 0.969 bits per heavy atom. The van der Waals surface area contributed by atoms with Crippen molar-refractivity contribution in [1.82, 2.24) is 15.5 Å². The number of likely N-dealkylation sites (tertiary alicyclic amines) is 1. The predicted octanol–water partition coefficient (Wildman–Crippen LogP) is 3.90. The molecule has 6 heteroatoms. The zero-order valence-corrected chi connectivity index (χ0v) is 19.3. The minimum atomic E-state index is -0.708. The van der Waals surface area contributed by atoms with Crippen molar-refractivity contribution in [3.63, 3.8) is 0 Å². The van der Waals surface area contributed by atoms with Gasteiger partial charge in [-0.1, -0.05) is 60.7 Å². The van der Waals surface area contributed by atoms with Crippen LogP contribution in [-0.2, 0) is 22.5 Å². The summed E-state index contributed by atoms with van der Waals surface area (Å²) in [6.45, 7) is 8.22. The molecule has 0 aliphatic carbocycles. The summed E-state index contributed by atoms with van der Waals surface area (Å²) in [6.07, 6.45) is 1.72. The van der Waals surface area contributed by atoms with Gasteiger partial charge in [0.2, 0.25) is 5.91 Å². The van der Waals surface area contributed by atoms with Crippen LogP contribution in [0.15, 0.2) is 60.7 Å². The molecule has 1 saturated heterocycles. The van der Waals surface area contributed by atoms with Crippen molar-refractivity contribution >= 4 is 12.0 Å². The molecule has 2 aromatic carbocycles. The van der Waals surface area contributed by atoms with E-state index in [1.54, 1.807) is 20.8 Å². The third kappa shape index (κ3) is 8.09. The van der Waals surface area contributed by atoms with Gasteiger partial charge in [-0.15, -0.1) is 0 Å². The van der Waals surface area contributed by atoms with Gasteiger partial charge in [0, 0.05) is 12.6 Å². The summed E-state index contributed by atoms with van der Waals surface area (Å²) in [6, 6.07) is 20.1. The average molecular weight is 438 g/mol. The molecule has 0 saturated carbocycles. The summed E-state index contributed by atoms with van der Waals surface area (Å²) in [5.74, 6) is -0.352. The molecule has 2 amide bonds. The highest BCUT2D eigenvalue weighted by atomic mass is 16.6. The van der Waals surface area contributed by atoms with Crippen LogP contribution in [0.1, 0.15) is 44.7 Å². The highest BCUT2D eigenvalue weighted by Gasteiger charge is 2.28. The molecule has 1 atom stereocenters. The molecule has 172 valence electrons. The van der Waals surface area contributed by atoms with E-state index < -0.39 is 17.7 Å². The normalized spacial score (nSPS) is 16.3. The molecule has 32 heavy (non-hydrogen) atoms. The SMILES string of the molecule is CC(C)(C)OC(=O)NC(=O)C(Cc1ccccc1)NC1CCN(Cc2ccccc2)CC1. The Bertz CT molecular complexity index is 857. The van der Waals surface area contributed by atoms with Crippen molar-refractivity contribution in [3.8, 4) is 0 Å². The standard InChI is InChI=1S/C26H35N3O3/c1-26(2,3)32-25(31)28-24(30)23(18-20-10-6-4-7-11-20)27-22-14-16-29(17-15-22)19-21-12-8-5-9-13-21/h4-13,22-23,27H,14-19H2,1-3H3,(H,28,30,31). The Morgan fingerprint density at radius 2 is 1.53 bits per heavy atom. The minimum Gasteiger partial charge on any atom is -0.444 e. The van der Waals surface area contributed by atoms with Gasteiger partial charge in [0.15, 0.2) is 0 Å². The van der Waals surface area contributed by atoms with Crippen molar-refractivity contribution in [2.45, 2.75) is 64.3 Å². The maximum Gasteiger partial charge on any atom is 0.414 e. The molecule has 6 nitrogen and oxygen atoms in total. The van der Waals surface area contributed by atoms with E-state index in [-0.39, 0.29) is 11.9 Å². The summed E-state index contributed by atoms with van der Waals surface area (Å²) in [5, 5.41) is 5.93. The fraction of sp³-hybridized carbons (Fsp3) is 0.462. The lowest BCUT2D eigenvalue weighted by Crippen LogP contribution is -2.53. The molecule has 2 N–H and O–H groups in total. The first-order valence-electron chi connectivity index (χ1n) is 11.4. The largest absolute Gasteiger partial charge is 0.444 e. The van der Waals surface area contributed by atoms with Gasteiger partial charge in [-0.3, -0.25) is 15.0 Å². The average Bonchev–Trinajstić information content (AvgIpc) is 2.74. The van der Waals surface area contributed by atoms with Crippen LogP contribution in [0.5, 0.6) is 0 Å². The zero-order valence-electron chi connectivity index (χ0n) is 19.3. The number of alkyl carbamates (subject to hydrolysis) is 1. The van der Waals surface area contributed by atoms with Crippen LogP contribution in [0.25, 0.3) is 0 Å². The lowest BCUT2D eigenvalue weighted by Gasteiger charge is -2.34. The maximum absolute atomic E-state index is 12.9. The fourth-order valence-corrected chi connectivity index (χ4v) is 3.95. The van der Waals surface area contributed by atoms with Gasteiger partial charge in [-0.2, -0.15) is 0 Å². The highest BCUT2D eigenvalue weighted by Crippen LogP contribution is 2.16. The third-order valence-electron chi connectivity index (χ3n) is 5.50. The number of nitrogens with zero attached hydrogens (tertiary/aromatic N) is 1. The van der Waals surface area contributed by atoms with E-state index in [0.29, 0.717) is 6.42 Å². The van der Waals surface area contributed by atoms with E-state index in [9.17, 15) is 9.59 Å². The second-order valence-corrected chi connectivity index (χ2v) is 9.44. The molecule has 1 aliphatic heterocycles. The van der Waals surface area contributed by atoms with Gasteiger partial charge in [0.1, 0.15) is 5.60 Å². The van der Waals surface area contributed by atoms with Crippen LogP contribution in [0.2, 0.25) is 0 Å². The molecular formula is C26H35N3O3. The van der Waals surface area contributed by atoms with Crippen molar-refractivity contribution in [1.29, 1.82) is 0 Å². The third-order valence-corrected chi connectivity index (χ3v) is 5.50. The van der Waals surface area contributed by atoms with Gasteiger partial charge in [-0.25, -0.2) is 4.79 Å². The number of imide groups is 1. The number of carbonyl (C=O) groups is 2. The smallest absolute Gasteiger partial charge is 0.414 e. The highest BCUT2D eigenvalue weighted by molar-refractivity contribution is 5.95. The lowest BCUT2D eigenvalue weighted by molar-refractivity contribution is -0.123. The van der Waals surface area contributed by atoms with Crippen LogP contribution in [0, 0.1) is 0 Å². The number of ether oxygens (including phenoxy) is 1. The number of nitrogens with one attached hydrogen (secondary N) is 2. The van der Waals surface area contributed by atoms with E-state index in [1.165, 1.54) is 5.56 Å². The monoisotopic (exact) mass is 437 g/mol. The van der Waals surface area contributed by atoms with Crippen molar-refractivity contribution in [2.75, 3.05) is 13.1 Å². The van der Waals surface area contributed by atoms with E-state index >= 15 is 0 Å². The summed E-state index contributed by atoms with van der Waals surface area (Å²) >= 11 is 0. The molecule has 0 spiro atoms. The Kier molecular flexibility index (Phi) is 8.42. The predicted molar refractivity (Wildman–Crippen MR) is 126 cm³/mol. The molecule has 3 rings (SSSR count). The van der Waals surface area contributed by atoms with Crippen LogP contribution in [-0.4, -0.2) is 47.7 Å². The fourth-order valence-electron chi connectivity index (χ4n) is 3.95. The molecule has 0 radical (unpaired) electrons. The molecule has 0 bridgehead atoms. The second-order valence-electron chi connectivity index (χ2n) is 9.44. The topological polar surface area (TPSA) is 70.7 Å². The first-order chi connectivity index (χ1) is 15.3. The molecule has 2 aromatic rings. The summed E-state index contributed by atoms with van der Waals surface area (Å²) in [5.41, 5.74) is 1.71. The number of hydrogen-bond donors (Lipinski definition) is 2. The zero-order chi connectivity index (χ0) is 23.0. The van der Waals surface area contributed by atoms with Crippen LogP contribution >= 0.6 is 0 Å². The quantitative estimate of drug-likeness (QED) is 0.687. The number of benzene rings is 2. The van der Waals surface area contributed by atoms with Gasteiger partial charge in [0.05, 0.1) is 6.04 Å². The number of amides is 2. The summed E-state index contributed by atoms with van der Waals surface area (Å²) in [4.78, 5) is 27.5. The van der Waals surface area contributed by atoms with Gasteiger partial charge in [0.25, 0.3) is 0 Å². The van der Waals surface area contributed by atoms with Crippen LogP contribution in [0.3, 0.4) is 0 Å². The van der Waals surface area contributed by atoms with E-state index in [0.717, 1.165) is 38.0 Å². The van der Waals surface area contributed by atoms with E-state index in [4.69, 9.17) is 4.74 Å². The number of hydrogen-bond acceptors (Lipinski definition) is 5. The molecule has 1 fully saturated rings. The maximum atomic E-state index is 12.9. The molecule has 1 aliphatic rings. The van der Waals surface area contributed by atoms with Crippen LogP contribution < -0.4 is 10.6 Å². The second kappa shape index (κ2) is 11.2. The van der Waals surface area contributed by atoms with Gasteiger partial charge in [-0.05, 0) is 64.3 Å². The van der Waals surface area contributed by atoms with Gasteiger partial charge < -0.3 is 10.1 Å². The summed E-state index contributed by atoms with van der Waals surface area (Å²) in [7, 11) is 0. The molecule has 0 aromatic heterocycles. The van der Waals surface area contributed by atoms with E-state index in [1.807, 2.05) is 36.4 Å². The Hall–Kier alpha value is -2.70. The van der Waals surface area contributed by atoms with Crippen molar-refractivity contribution < 1.29 is 14.3 Å². The molecular weight excluding hydrogens is 402 g/mol. The first kappa shape index (κ1) is 24.0. The molecule has 1 heterocycles. The lowest BCUT2D eigenvalue weighted by atomic mass is 10.00. The van der Waals surface area contributed by atoms with Crippen molar-refractivity contribution in [2.24, 2.45) is 0 Å². The Labute approximate surface area is 191 Å². The van der Waals surface area contributed by atoms with Crippen molar-refractivity contribution in [3.05, 3.63) is 71.8 Å². The summed E-state index contributed by atoms with van der Waals surface area (Å²) < 4.78 is 5.26. The number of rotatable bonds is 7. The first-order valence-corrected chi connectivity index (χ1v) is 11.4. The Morgan fingerprint density at radius 3 is 2.09 bits per heavy atom.